The molecule has 0 saturated carbocycles. The van der Waals surface area contributed by atoms with Gasteiger partial charge in [-0.15, -0.1) is 0 Å². The largest absolute Gasteiger partial charge is 0.433 e. The number of aryl methyl sites for hydroxylation is 1. The van der Waals surface area contributed by atoms with Crippen LogP contribution in [0.2, 0.25) is 0 Å². The van der Waals surface area contributed by atoms with Crippen molar-refractivity contribution in [2.75, 3.05) is 12.4 Å². The van der Waals surface area contributed by atoms with Crippen LogP contribution in [0.25, 0.3) is 0 Å². The molecule has 1 heterocycles. The Bertz CT molecular complexity index is 345. The van der Waals surface area contributed by atoms with Crippen LogP contribution in [-0.4, -0.2) is 12.0 Å². The van der Waals surface area contributed by atoms with Crippen LogP contribution >= 0.6 is 0 Å². The summed E-state index contributed by atoms with van der Waals surface area (Å²) in [4.78, 5) is 3.49. The maximum atomic E-state index is 12.3. The molecule has 78 valence electrons. The number of rotatable bonds is 1. The fourth-order valence-corrected chi connectivity index (χ4v) is 1.13. The standard InChI is InChI=1S/C9H11F3N2/c1-5-4-7(9(10,11)12)14-8(13-3)6(5)2/h4H,1-3H3,(H,13,14). The summed E-state index contributed by atoms with van der Waals surface area (Å²) < 4.78 is 37.0. The number of hydrogen-bond donors (Lipinski definition) is 1. The number of hydrogen-bond acceptors (Lipinski definition) is 2. The Labute approximate surface area is 80.2 Å². The molecular weight excluding hydrogens is 193 g/mol. The van der Waals surface area contributed by atoms with Gasteiger partial charge in [-0.25, -0.2) is 4.98 Å². The summed E-state index contributed by atoms with van der Waals surface area (Å²) in [6.07, 6.45) is -4.38. The minimum atomic E-state index is -4.38. The maximum Gasteiger partial charge on any atom is 0.433 e. The van der Waals surface area contributed by atoms with Crippen molar-refractivity contribution >= 4 is 5.82 Å². The minimum absolute atomic E-state index is 0.275. The van der Waals surface area contributed by atoms with Gasteiger partial charge in [-0.1, -0.05) is 0 Å². The lowest BCUT2D eigenvalue weighted by Crippen LogP contribution is -2.11. The molecule has 0 radical (unpaired) electrons. The lowest BCUT2D eigenvalue weighted by molar-refractivity contribution is -0.141. The van der Waals surface area contributed by atoms with Gasteiger partial charge in [0, 0.05) is 7.05 Å². The normalized spacial score (nSPS) is 11.6. The van der Waals surface area contributed by atoms with E-state index in [2.05, 4.69) is 10.3 Å². The van der Waals surface area contributed by atoms with Crippen molar-refractivity contribution in [2.45, 2.75) is 20.0 Å². The second-order valence-corrected chi connectivity index (χ2v) is 3.05. The van der Waals surface area contributed by atoms with E-state index < -0.39 is 11.9 Å². The lowest BCUT2D eigenvalue weighted by atomic mass is 10.1. The molecule has 2 nitrogen and oxygen atoms in total. The molecule has 0 unspecified atom stereocenters. The second kappa shape index (κ2) is 3.48. The lowest BCUT2D eigenvalue weighted by Gasteiger charge is -2.12. The van der Waals surface area contributed by atoms with E-state index in [1.807, 2.05) is 0 Å². The van der Waals surface area contributed by atoms with Gasteiger partial charge in [0.1, 0.15) is 11.5 Å². The zero-order valence-corrected chi connectivity index (χ0v) is 8.16. The fraction of sp³-hybridized carbons (Fsp3) is 0.444. The molecule has 0 aliphatic heterocycles. The summed E-state index contributed by atoms with van der Waals surface area (Å²) in [6, 6.07) is 1.05. The quantitative estimate of drug-likeness (QED) is 0.760. The average Bonchev–Trinajstić information content (AvgIpc) is 2.07. The van der Waals surface area contributed by atoms with E-state index >= 15 is 0 Å². The summed E-state index contributed by atoms with van der Waals surface area (Å²) in [5.41, 5.74) is 0.460. The number of halogens is 3. The van der Waals surface area contributed by atoms with Gasteiger partial charge >= 0.3 is 6.18 Å². The van der Waals surface area contributed by atoms with Gasteiger partial charge in [0.25, 0.3) is 0 Å². The minimum Gasteiger partial charge on any atom is -0.373 e. The molecule has 5 heteroatoms. The first-order valence-corrected chi connectivity index (χ1v) is 4.09. The molecular formula is C9H11F3N2. The highest BCUT2D eigenvalue weighted by Crippen LogP contribution is 2.30. The zero-order chi connectivity index (χ0) is 10.9. The molecule has 0 atom stereocenters. The van der Waals surface area contributed by atoms with Crippen molar-refractivity contribution in [1.29, 1.82) is 0 Å². The van der Waals surface area contributed by atoms with Crippen molar-refractivity contribution in [2.24, 2.45) is 0 Å². The molecule has 1 N–H and O–H groups in total. The predicted octanol–water partition coefficient (Wildman–Crippen LogP) is 2.76. The van der Waals surface area contributed by atoms with E-state index in [9.17, 15) is 13.2 Å². The number of nitrogens with one attached hydrogen (secondary N) is 1. The topological polar surface area (TPSA) is 24.9 Å². The number of anilines is 1. The first kappa shape index (κ1) is 10.8. The summed E-state index contributed by atoms with van der Waals surface area (Å²) >= 11 is 0. The molecule has 1 aromatic rings. The molecule has 0 saturated heterocycles. The van der Waals surface area contributed by atoms with Gasteiger partial charge < -0.3 is 5.32 Å². The van der Waals surface area contributed by atoms with Crippen LogP contribution in [0.3, 0.4) is 0 Å². The van der Waals surface area contributed by atoms with Crippen molar-refractivity contribution in [3.63, 3.8) is 0 Å². The van der Waals surface area contributed by atoms with Gasteiger partial charge in [0.2, 0.25) is 0 Å². The number of alkyl halides is 3. The Kier molecular flexibility index (Phi) is 2.69. The Balaban J connectivity index is 3.30. The van der Waals surface area contributed by atoms with Crippen molar-refractivity contribution in [3.8, 4) is 0 Å². The van der Waals surface area contributed by atoms with Gasteiger partial charge in [-0.3, -0.25) is 0 Å². The predicted molar refractivity (Wildman–Crippen MR) is 48.3 cm³/mol. The van der Waals surface area contributed by atoms with E-state index in [0.717, 1.165) is 11.6 Å². The molecule has 0 aliphatic carbocycles. The third-order valence-corrected chi connectivity index (χ3v) is 2.06. The van der Waals surface area contributed by atoms with Gasteiger partial charge in [0.05, 0.1) is 0 Å². The SMILES string of the molecule is CNc1nc(C(F)(F)F)cc(C)c1C. The van der Waals surface area contributed by atoms with Crippen LogP contribution < -0.4 is 5.32 Å². The molecule has 14 heavy (non-hydrogen) atoms. The summed E-state index contributed by atoms with van der Waals surface area (Å²) in [5.74, 6) is 0.275. The van der Waals surface area contributed by atoms with E-state index in [4.69, 9.17) is 0 Å². The number of nitrogens with zero attached hydrogens (tertiary/aromatic N) is 1. The van der Waals surface area contributed by atoms with Crippen LogP contribution in [0.4, 0.5) is 19.0 Å². The van der Waals surface area contributed by atoms with Gasteiger partial charge in [-0.2, -0.15) is 13.2 Å². The smallest absolute Gasteiger partial charge is 0.373 e. The fourth-order valence-electron chi connectivity index (χ4n) is 1.13. The van der Waals surface area contributed by atoms with E-state index in [1.165, 1.54) is 0 Å². The highest BCUT2D eigenvalue weighted by Gasteiger charge is 2.33. The summed E-state index contributed by atoms with van der Waals surface area (Å²) in [5, 5.41) is 2.64. The van der Waals surface area contributed by atoms with Crippen molar-refractivity contribution < 1.29 is 13.2 Å². The molecule has 0 aliphatic rings. The second-order valence-electron chi connectivity index (χ2n) is 3.05. The Morgan fingerprint density at radius 1 is 1.29 bits per heavy atom. The molecule has 0 amide bonds. The third kappa shape index (κ3) is 1.97. The van der Waals surface area contributed by atoms with Crippen molar-refractivity contribution in [3.05, 3.63) is 22.9 Å². The Morgan fingerprint density at radius 2 is 1.86 bits per heavy atom. The van der Waals surface area contributed by atoms with E-state index in [-0.39, 0.29) is 5.82 Å². The molecule has 0 bridgehead atoms. The third-order valence-electron chi connectivity index (χ3n) is 2.06. The molecule has 0 spiro atoms. The van der Waals surface area contributed by atoms with Crippen LogP contribution in [-0.2, 0) is 6.18 Å². The van der Waals surface area contributed by atoms with Crippen LogP contribution in [0.15, 0.2) is 6.07 Å². The first-order chi connectivity index (χ1) is 6.36. The van der Waals surface area contributed by atoms with Crippen molar-refractivity contribution in [1.82, 2.24) is 4.98 Å². The maximum absolute atomic E-state index is 12.3. The zero-order valence-electron chi connectivity index (χ0n) is 8.16. The molecule has 1 rings (SSSR count). The average molecular weight is 204 g/mol. The number of pyridine rings is 1. The van der Waals surface area contributed by atoms with Crippen LogP contribution in [0, 0.1) is 13.8 Å². The number of aromatic nitrogens is 1. The molecule has 1 aromatic heterocycles. The van der Waals surface area contributed by atoms with Crippen LogP contribution in [0.5, 0.6) is 0 Å². The Morgan fingerprint density at radius 3 is 2.29 bits per heavy atom. The van der Waals surface area contributed by atoms with Gasteiger partial charge in [0.15, 0.2) is 0 Å². The molecule has 0 aromatic carbocycles. The van der Waals surface area contributed by atoms with E-state index in [1.54, 1.807) is 20.9 Å². The molecule has 0 fully saturated rings. The van der Waals surface area contributed by atoms with Crippen LogP contribution in [0.1, 0.15) is 16.8 Å². The highest BCUT2D eigenvalue weighted by atomic mass is 19.4. The summed E-state index contributed by atoms with van der Waals surface area (Å²) in [6.45, 7) is 3.36. The Hall–Kier alpha value is -1.26. The van der Waals surface area contributed by atoms with E-state index in [0.29, 0.717) is 5.56 Å². The monoisotopic (exact) mass is 204 g/mol. The first-order valence-electron chi connectivity index (χ1n) is 4.09. The summed E-state index contributed by atoms with van der Waals surface area (Å²) in [7, 11) is 1.55. The van der Waals surface area contributed by atoms with Gasteiger partial charge in [-0.05, 0) is 31.0 Å². The highest BCUT2D eigenvalue weighted by molar-refractivity contribution is 5.48.